The van der Waals surface area contributed by atoms with Crippen LogP contribution in [0.4, 0.5) is 10.1 Å². The summed E-state index contributed by atoms with van der Waals surface area (Å²) in [4.78, 5) is 12.3. The van der Waals surface area contributed by atoms with E-state index in [1.165, 1.54) is 12.1 Å². The van der Waals surface area contributed by atoms with Gasteiger partial charge in [0.1, 0.15) is 6.61 Å². The molecule has 0 radical (unpaired) electrons. The van der Waals surface area contributed by atoms with Crippen LogP contribution in [0, 0.1) is 5.82 Å². The number of nitrogens with one attached hydrogen (secondary N) is 2. The first-order chi connectivity index (χ1) is 12.7. The van der Waals surface area contributed by atoms with Crippen molar-refractivity contribution in [1.29, 1.82) is 0 Å². The SMILES string of the molecule is COCCOc1ccc(NC(=O)c2ccn(C3CCCNC3)n2)cc1F. The van der Waals surface area contributed by atoms with Gasteiger partial charge in [-0.1, -0.05) is 0 Å². The van der Waals surface area contributed by atoms with Gasteiger partial charge in [-0.3, -0.25) is 9.48 Å². The summed E-state index contributed by atoms with van der Waals surface area (Å²) in [7, 11) is 1.55. The van der Waals surface area contributed by atoms with Crippen LogP contribution >= 0.6 is 0 Å². The lowest BCUT2D eigenvalue weighted by Crippen LogP contribution is -2.32. The summed E-state index contributed by atoms with van der Waals surface area (Å²) in [5.41, 5.74) is 0.650. The number of aromatic nitrogens is 2. The number of benzene rings is 1. The summed E-state index contributed by atoms with van der Waals surface area (Å²) in [5.74, 6) is -0.799. The Morgan fingerprint density at radius 3 is 3.04 bits per heavy atom. The van der Waals surface area contributed by atoms with Crippen LogP contribution in [0.25, 0.3) is 0 Å². The average molecular weight is 362 g/mol. The summed E-state index contributed by atoms with van der Waals surface area (Å²) in [5, 5.41) is 10.3. The Hall–Kier alpha value is -2.45. The lowest BCUT2D eigenvalue weighted by molar-refractivity contribution is 0.102. The molecule has 2 heterocycles. The van der Waals surface area contributed by atoms with E-state index in [0.29, 0.717) is 18.0 Å². The maximum absolute atomic E-state index is 14.0. The third-order valence-corrected chi connectivity index (χ3v) is 4.22. The van der Waals surface area contributed by atoms with E-state index in [-0.39, 0.29) is 24.3 Å². The zero-order valence-electron chi connectivity index (χ0n) is 14.7. The quantitative estimate of drug-likeness (QED) is 0.739. The van der Waals surface area contributed by atoms with Crippen molar-refractivity contribution in [3.05, 3.63) is 42.0 Å². The summed E-state index contributed by atoms with van der Waals surface area (Å²) >= 11 is 0. The smallest absolute Gasteiger partial charge is 0.276 e. The third kappa shape index (κ3) is 4.59. The van der Waals surface area contributed by atoms with Crippen molar-refractivity contribution < 1.29 is 18.7 Å². The number of nitrogens with zero attached hydrogens (tertiary/aromatic N) is 2. The molecule has 26 heavy (non-hydrogen) atoms. The van der Waals surface area contributed by atoms with E-state index < -0.39 is 5.82 Å². The van der Waals surface area contributed by atoms with Crippen molar-refractivity contribution in [3.8, 4) is 5.75 Å². The number of halogens is 1. The first-order valence-electron chi connectivity index (χ1n) is 8.66. The number of carbonyl (C=O) groups excluding carboxylic acids is 1. The van der Waals surface area contributed by atoms with Crippen LogP contribution in [-0.4, -0.2) is 49.1 Å². The Morgan fingerprint density at radius 2 is 2.31 bits per heavy atom. The van der Waals surface area contributed by atoms with E-state index in [1.807, 2.05) is 4.68 Å². The second kappa shape index (κ2) is 8.77. The Kier molecular flexibility index (Phi) is 6.19. The molecule has 2 aromatic rings. The highest BCUT2D eigenvalue weighted by Crippen LogP contribution is 2.22. The van der Waals surface area contributed by atoms with Gasteiger partial charge in [-0.25, -0.2) is 4.39 Å². The van der Waals surface area contributed by atoms with Gasteiger partial charge >= 0.3 is 0 Å². The Balaban J connectivity index is 1.61. The monoisotopic (exact) mass is 362 g/mol. The van der Waals surface area contributed by atoms with Crippen molar-refractivity contribution in [3.63, 3.8) is 0 Å². The molecule has 1 saturated heterocycles. The number of hydrogen-bond donors (Lipinski definition) is 2. The minimum absolute atomic E-state index is 0.120. The molecular weight excluding hydrogens is 339 g/mol. The Morgan fingerprint density at radius 1 is 1.42 bits per heavy atom. The summed E-state index contributed by atoms with van der Waals surface area (Å²) in [6.07, 6.45) is 3.93. The Labute approximate surface area is 151 Å². The van der Waals surface area contributed by atoms with E-state index in [0.717, 1.165) is 25.9 Å². The van der Waals surface area contributed by atoms with Crippen LogP contribution in [0.2, 0.25) is 0 Å². The van der Waals surface area contributed by atoms with Gasteiger partial charge in [-0.15, -0.1) is 0 Å². The predicted molar refractivity (Wildman–Crippen MR) is 95.1 cm³/mol. The second-order valence-electron chi connectivity index (χ2n) is 6.12. The molecule has 140 valence electrons. The van der Waals surface area contributed by atoms with E-state index in [1.54, 1.807) is 25.4 Å². The zero-order chi connectivity index (χ0) is 18.4. The van der Waals surface area contributed by atoms with Crippen molar-refractivity contribution in [1.82, 2.24) is 15.1 Å². The van der Waals surface area contributed by atoms with Crippen LogP contribution in [0.15, 0.2) is 30.5 Å². The minimum atomic E-state index is -0.544. The van der Waals surface area contributed by atoms with Gasteiger partial charge in [-0.2, -0.15) is 5.10 Å². The lowest BCUT2D eigenvalue weighted by Gasteiger charge is -2.22. The third-order valence-electron chi connectivity index (χ3n) is 4.22. The normalized spacial score (nSPS) is 17.1. The maximum Gasteiger partial charge on any atom is 0.276 e. The number of methoxy groups -OCH3 is 1. The lowest BCUT2D eigenvalue weighted by atomic mass is 10.1. The largest absolute Gasteiger partial charge is 0.488 e. The zero-order valence-corrected chi connectivity index (χ0v) is 14.7. The number of piperidine rings is 1. The van der Waals surface area contributed by atoms with Gasteiger partial charge in [-0.05, 0) is 37.6 Å². The molecule has 1 atom stereocenters. The molecule has 3 rings (SSSR count). The standard InChI is InChI=1S/C18H23FN4O3/c1-25-9-10-26-17-5-4-13(11-15(17)19)21-18(24)16-6-8-23(22-16)14-3-2-7-20-12-14/h4-6,8,11,14,20H,2-3,7,9-10,12H2,1H3,(H,21,24). The molecule has 1 aliphatic heterocycles. The van der Waals surface area contributed by atoms with Gasteiger partial charge in [0.2, 0.25) is 0 Å². The van der Waals surface area contributed by atoms with Crippen molar-refractivity contribution in [2.75, 3.05) is 38.7 Å². The molecule has 0 spiro atoms. The molecule has 0 bridgehead atoms. The number of carbonyl (C=O) groups is 1. The van der Waals surface area contributed by atoms with Crippen LogP contribution in [0.3, 0.4) is 0 Å². The maximum atomic E-state index is 14.0. The molecule has 1 unspecified atom stereocenters. The molecule has 8 heteroatoms. The fraction of sp³-hybridized carbons (Fsp3) is 0.444. The molecule has 0 aliphatic carbocycles. The van der Waals surface area contributed by atoms with Gasteiger partial charge in [0, 0.05) is 31.6 Å². The van der Waals surface area contributed by atoms with Crippen LogP contribution in [0.5, 0.6) is 5.75 Å². The fourth-order valence-electron chi connectivity index (χ4n) is 2.85. The first-order valence-corrected chi connectivity index (χ1v) is 8.66. The topological polar surface area (TPSA) is 77.4 Å². The number of ether oxygens (including phenoxy) is 2. The molecule has 1 aromatic carbocycles. The highest BCUT2D eigenvalue weighted by atomic mass is 19.1. The number of amides is 1. The van der Waals surface area contributed by atoms with E-state index in [9.17, 15) is 9.18 Å². The second-order valence-corrected chi connectivity index (χ2v) is 6.12. The highest BCUT2D eigenvalue weighted by Gasteiger charge is 2.18. The molecule has 0 saturated carbocycles. The molecule has 2 N–H and O–H groups in total. The van der Waals surface area contributed by atoms with Crippen molar-refractivity contribution in [2.24, 2.45) is 0 Å². The molecule has 1 amide bonds. The molecule has 7 nitrogen and oxygen atoms in total. The van der Waals surface area contributed by atoms with Crippen molar-refractivity contribution >= 4 is 11.6 Å². The van der Waals surface area contributed by atoms with Crippen LogP contribution in [-0.2, 0) is 4.74 Å². The molecule has 1 fully saturated rings. The minimum Gasteiger partial charge on any atom is -0.488 e. The van der Waals surface area contributed by atoms with Crippen LogP contribution in [0.1, 0.15) is 29.4 Å². The highest BCUT2D eigenvalue weighted by molar-refractivity contribution is 6.02. The number of rotatable bonds is 7. The number of anilines is 1. The van der Waals surface area contributed by atoms with Gasteiger partial charge in [0.25, 0.3) is 5.91 Å². The summed E-state index contributed by atoms with van der Waals surface area (Å²) in [6.45, 7) is 2.49. The van der Waals surface area contributed by atoms with E-state index >= 15 is 0 Å². The predicted octanol–water partition coefficient (Wildman–Crippen LogP) is 2.22. The van der Waals surface area contributed by atoms with Gasteiger partial charge < -0.3 is 20.1 Å². The van der Waals surface area contributed by atoms with Gasteiger partial charge in [0.05, 0.1) is 12.6 Å². The van der Waals surface area contributed by atoms with Crippen LogP contribution < -0.4 is 15.4 Å². The first kappa shape index (κ1) is 18.3. The summed E-state index contributed by atoms with van der Waals surface area (Å²) < 4.78 is 26.0. The molecule has 1 aliphatic rings. The Bertz CT molecular complexity index is 744. The molecular formula is C18H23FN4O3. The van der Waals surface area contributed by atoms with E-state index in [2.05, 4.69) is 15.7 Å². The van der Waals surface area contributed by atoms with Gasteiger partial charge in [0.15, 0.2) is 17.3 Å². The number of hydrogen-bond acceptors (Lipinski definition) is 5. The molecule has 1 aromatic heterocycles. The average Bonchev–Trinajstić information content (AvgIpc) is 3.15. The van der Waals surface area contributed by atoms with Crippen molar-refractivity contribution in [2.45, 2.75) is 18.9 Å². The van der Waals surface area contributed by atoms with E-state index in [4.69, 9.17) is 9.47 Å². The summed E-state index contributed by atoms with van der Waals surface area (Å²) in [6, 6.07) is 6.22. The fourth-order valence-corrected chi connectivity index (χ4v) is 2.85.